The van der Waals surface area contributed by atoms with Gasteiger partial charge in [-0.05, 0) is 31.2 Å². The average molecular weight is 233 g/mol. The highest BCUT2D eigenvalue weighted by molar-refractivity contribution is 5.63. The zero-order chi connectivity index (χ0) is 12.3. The quantitative estimate of drug-likeness (QED) is 0.793. The minimum atomic E-state index is -1.21. The van der Waals surface area contributed by atoms with Gasteiger partial charge < -0.3 is 21.0 Å². The van der Waals surface area contributed by atoms with Crippen molar-refractivity contribution in [3.63, 3.8) is 0 Å². The van der Waals surface area contributed by atoms with Crippen molar-refractivity contribution in [1.29, 1.82) is 0 Å². The minimum Gasteiger partial charge on any atom is -0.530 e. The average Bonchev–Trinajstić information content (AvgIpc) is 2.60. The van der Waals surface area contributed by atoms with E-state index in [1.165, 1.54) is 0 Å². The third-order valence-corrected chi connectivity index (χ3v) is 3.40. The lowest BCUT2D eigenvalue weighted by Crippen LogP contribution is -2.53. The Morgan fingerprint density at radius 2 is 2.18 bits per heavy atom. The number of carbonyl (C=O) groups is 1. The van der Waals surface area contributed by atoms with Crippen LogP contribution in [0.2, 0.25) is 0 Å². The smallest absolute Gasteiger partial charge is 0.134 e. The third kappa shape index (κ3) is 2.97. The fourth-order valence-corrected chi connectivity index (χ4v) is 2.69. The van der Waals surface area contributed by atoms with E-state index in [4.69, 9.17) is 5.73 Å². The second-order valence-corrected chi connectivity index (χ2v) is 4.86. The van der Waals surface area contributed by atoms with E-state index in [2.05, 4.69) is 5.32 Å². The van der Waals surface area contributed by atoms with Crippen molar-refractivity contribution in [3.05, 3.63) is 35.9 Å². The zero-order valence-electron chi connectivity index (χ0n) is 9.69. The number of nitrogens with one attached hydrogen (secondary N) is 1. The van der Waals surface area contributed by atoms with Crippen molar-refractivity contribution in [2.75, 3.05) is 0 Å². The highest BCUT2D eigenvalue weighted by Gasteiger charge is 2.37. The summed E-state index contributed by atoms with van der Waals surface area (Å²) in [6.07, 6.45) is 1.77. The molecule has 1 fully saturated rings. The summed E-state index contributed by atoms with van der Waals surface area (Å²) in [5.74, 6) is 0. The molecular weight excluding hydrogens is 216 g/mol. The lowest BCUT2D eigenvalue weighted by Gasteiger charge is -2.32. The molecule has 0 heterocycles. The van der Waals surface area contributed by atoms with E-state index in [-0.39, 0.29) is 6.04 Å². The Morgan fingerprint density at radius 1 is 1.47 bits per heavy atom. The SMILES string of the molecule is N[C@H]1CC[C@](Cc2ccccc2)(NC(=O)[O-])C1. The fourth-order valence-electron chi connectivity index (χ4n) is 2.69. The van der Waals surface area contributed by atoms with Crippen LogP contribution in [0.5, 0.6) is 0 Å². The zero-order valence-corrected chi connectivity index (χ0v) is 9.69. The van der Waals surface area contributed by atoms with Gasteiger partial charge in [0.15, 0.2) is 0 Å². The van der Waals surface area contributed by atoms with E-state index in [0.29, 0.717) is 12.8 Å². The van der Waals surface area contributed by atoms with Gasteiger partial charge in [-0.25, -0.2) is 0 Å². The fraction of sp³-hybridized carbons (Fsp3) is 0.462. The maximum atomic E-state index is 10.8. The van der Waals surface area contributed by atoms with Crippen molar-refractivity contribution in [2.24, 2.45) is 5.73 Å². The molecule has 0 saturated heterocycles. The Labute approximate surface area is 101 Å². The number of benzene rings is 1. The van der Waals surface area contributed by atoms with Crippen molar-refractivity contribution in [1.82, 2.24) is 5.32 Å². The van der Waals surface area contributed by atoms with Crippen LogP contribution in [-0.4, -0.2) is 17.7 Å². The number of carbonyl (C=O) groups excluding carboxylic acids is 1. The van der Waals surface area contributed by atoms with Gasteiger partial charge >= 0.3 is 0 Å². The largest absolute Gasteiger partial charge is 0.530 e. The van der Waals surface area contributed by atoms with Crippen LogP contribution in [0.3, 0.4) is 0 Å². The maximum Gasteiger partial charge on any atom is 0.134 e. The summed E-state index contributed by atoms with van der Waals surface area (Å²) in [6.45, 7) is 0. The molecule has 2 atom stereocenters. The number of carboxylic acid groups (broad SMARTS) is 1. The summed E-state index contributed by atoms with van der Waals surface area (Å²) in [6, 6.07) is 9.94. The molecule has 1 aromatic rings. The van der Waals surface area contributed by atoms with Crippen molar-refractivity contribution < 1.29 is 9.90 Å². The third-order valence-electron chi connectivity index (χ3n) is 3.40. The molecule has 0 bridgehead atoms. The number of amides is 1. The summed E-state index contributed by atoms with van der Waals surface area (Å²) >= 11 is 0. The lowest BCUT2D eigenvalue weighted by molar-refractivity contribution is -0.253. The monoisotopic (exact) mass is 233 g/mol. The topological polar surface area (TPSA) is 78.2 Å². The van der Waals surface area contributed by atoms with Gasteiger partial charge in [-0.1, -0.05) is 30.3 Å². The van der Waals surface area contributed by atoms with Crippen molar-refractivity contribution >= 4 is 6.09 Å². The van der Waals surface area contributed by atoms with Gasteiger partial charge in [-0.15, -0.1) is 0 Å². The molecule has 0 unspecified atom stereocenters. The molecular formula is C13H17N2O2-. The van der Waals surface area contributed by atoms with Crippen LogP contribution in [0, 0.1) is 0 Å². The highest BCUT2D eigenvalue weighted by Crippen LogP contribution is 2.32. The lowest BCUT2D eigenvalue weighted by atomic mass is 9.89. The van der Waals surface area contributed by atoms with Crippen LogP contribution in [-0.2, 0) is 6.42 Å². The van der Waals surface area contributed by atoms with Crippen LogP contribution >= 0.6 is 0 Å². The standard InChI is InChI=1S/C13H18N2O2/c14-11-6-7-13(9-11,15-12(16)17)8-10-4-2-1-3-5-10/h1-5,11,15H,6-9,14H2,(H,16,17)/p-1/t11-,13+/m0/s1. The minimum absolute atomic E-state index is 0.0746. The van der Waals surface area contributed by atoms with E-state index >= 15 is 0 Å². The van der Waals surface area contributed by atoms with Gasteiger partial charge in [0.25, 0.3) is 0 Å². The molecule has 0 aliphatic heterocycles. The van der Waals surface area contributed by atoms with Gasteiger partial charge in [0.05, 0.1) is 0 Å². The molecule has 1 saturated carbocycles. The van der Waals surface area contributed by atoms with E-state index < -0.39 is 11.6 Å². The molecule has 2 rings (SSSR count). The van der Waals surface area contributed by atoms with Gasteiger partial charge in [-0.3, -0.25) is 0 Å². The molecule has 0 radical (unpaired) electrons. The number of nitrogens with two attached hydrogens (primary N) is 1. The Hall–Kier alpha value is -1.55. The second-order valence-electron chi connectivity index (χ2n) is 4.86. The van der Waals surface area contributed by atoms with Crippen molar-refractivity contribution in [2.45, 2.75) is 37.3 Å². The summed E-state index contributed by atoms with van der Waals surface area (Å²) in [7, 11) is 0. The van der Waals surface area contributed by atoms with Crippen molar-refractivity contribution in [3.8, 4) is 0 Å². The van der Waals surface area contributed by atoms with E-state index in [0.717, 1.165) is 18.4 Å². The molecule has 3 N–H and O–H groups in total. The molecule has 1 aliphatic rings. The summed E-state index contributed by atoms with van der Waals surface area (Å²) < 4.78 is 0. The first-order valence-electron chi connectivity index (χ1n) is 5.88. The predicted molar refractivity (Wildman–Crippen MR) is 63.2 cm³/mol. The first kappa shape index (κ1) is 11.9. The first-order chi connectivity index (χ1) is 8.10. The molecule has 4 nitrogen and oxygen atoms in total. The Bertz CT molecular complexity index is 394. The normalized spacial score (nSPS) is 27.9. The molecule has 0 aromatic heterocycles. The summed E-state index contributed by atoms with van der Waals surface area (Å²) in [5, 5.41) is 13.4. The summed E-state index contributed by atoms with van der Waals surface area (Å²) in [4.78, 5) is 10.8. The predicted octanol–water partition coefficient (Wildman–Crippen LogP) is 0.412. The number of hydrogen-bond donors (Lipinski definition) is 2. The molecule has 4 heteroatoms. The van der Waals surface area contributed by atoms with Gasteiger partial charge in [0, 0.05) is 11.6 Å². The van der Waals surface area contributed by atoms with E-state index in [1.54, 1.807) is 0 Å². The molecule has 0 spiro atoms. The molecule has 1 aliphatic carbocycles. The molecule has 1 amide bonds. The van der Waals surface area contributed by atoms with E-state index in [1.807, 2.05) is 30.3 Å². The molecule has 1 aromatic carbocycles. The van der Waals surface area contributed by atoms with Gasteiger partial charge in [0.1, 0.15) is 6.09 Å². The Morgan fingerprint density at radius 3 is 2.71 bits per heavy atom. The Balaban J connectivity index is 2.14. The number of rotatable bonds is 3. The molecule has 92 valence electrons. The highest BCUT2D eigenvalue weighted by atomic mass is 16.4. The van der Waals surface area contributed by atoms with E-state index in [9.17, 15) is 9.90 Å². The van der Waals surface area contributed by atoms with Gasteiger partial charge in [0.2, 0.25) is 0 Å². The van der Waals surface area contributed by atoms with Crippen LogP contribution in [0.15, 0.2) is 30.3 Å². The first-order valence-corrected chi connectivity index (χ1v) is 5.88. The molecule has 17 heavy (non-hydrogen) atoms. The van der Waals surface area contributed by atoms with Crippen LogP contribution < -0.4 is 16.2 Å². The van der Waals surface area contributed by atoms with Crippen LogP contribution in [0.25, 0.3) is 0 Å². The van der Waals surface area contributed by atoms with Crippen LogP contribution in [0.1, 0.15) is 24.8 Å². The van der Waals surface area contributed by atoms with Gasteiger partial charge in [-0.2, -0.15) is 0 Å². The second kappa shape index (κ2) is 4.75. The number of hydrogen-bond acceptors (Lipinski definition) is 3. The summed E-state index contributed by atoms with van der Waals surface area (Å²) in [5.41, 5.74) is 6.56. The van der Waals surface area contributed by atoms with Crippen LogP contribution in [0.4, 0.5) is 4.79 Å². The Kier molecular flexibility index (Phi) is 3.33. The maximum absolute atomic E-state index is 10.8.